The van der Waals surface area contributed by atoms with E-state index < -0.39 is 97.5 Å². The van der Waals surface area contributed by atoms with E-state index in [1.165, 1.54) is 135 Å². The van der Waals surface area contributed by atoms with Crippen molar-refractivity contribution in [3.63, 3.8) is 0 Å². The van der Waals surface area contributed by atoms with Crippen LogP contribution in [0.1, 0.15) is 331 Å². The molecule has 86 heavy (non-hydrogen) atoms. The van der Waals surface area contributed by atoms with Crippen LogP contribution in [0.5, 0.6) is 0 Å². The number of unbranched alkanes of at least 4 members (excludes halogenated alkanes) is 32. The molecule has 19 heteroatoms. The van der Waals surface area contributed by atoms with E-state index in [0.29, 0.717) is 31.6 Å². The van der Waals surface area contributed by atoms with Crippen LogP contribution in [-0.2, 0) is 65.4 Å². The molecule has 0 bridgehead atoms. The van der Waals surface area contributed by atoms with Gasteiger partial charge in [-0.2, -0.15) is 0 Å². The smallest absolute Gasteiger partial charge is 0.462 e. The zero-order chi connectivity index (χ0) is 63.8. The van der Waals surface area contributed by atoms with Crippen LogP contribution in [0, 0.1) is 17.8 Å². The van der Waals surface area contributed by atoms with Crippen LogP contribution in [0.4, 0.5) is 0 Å². The summed E-state index contributed by atoms with van der Waals surface area (Å²) in [6.07, 6.45) is 40.4. The molecule has 0 aromatic rings. The van der Waals surface area contributed by atoms with Gasteiger partial charge in [-0.25, -0.2) is 9.13 Å². The first-order valence-corrected chi connectivity index (χ1v) is 37.9. The fourth-order valence-electron chi connectivity index (χ4n) is 9.98. The van der Waals surface area contributed by atoms with Crippen LogP contribution >= 0.6 is 15.6 Å². The molecule has 17 nitrogen and oxygen atoms in total. The number of phosphoric ester groups is 2. The summed E-state index contributed by atoms with van der Waals surface area (Å²) in [7, 11) is -9.89. The Morgan fingerprint density at radius 3 is 0.884 bits per heavy atom. The number of rotatable bonds is 65. The molecule has 0 saturated heterocycles. The van der Waals surface area contributed by atoms with Crippen molar-refractivity contribution in [2.45, 2.75) is 349 Å². The SMILES string of the molecule is CCCCCCCCCCCCCCCCC(=O)O[C@H](COC(=O)CCCCCCCCCCCC(C)C)COP(=O)(O)OC[C@@H](O)COP(=O)(O)OC[C@@H](COC(=O)CCCCCCCCC(C)CC)OC(=O)CCCCCCCCCC(C)C. The van der Waals surface area contributed by atoms with E-state index in [0.717, 1.165) is 108 Å². The highest BCUT2D eigenvalue weighted by Crippen LogP contribution is 2.45. The topological polar surface area (TPSA) is 237 Å². The summed E-state index contributed by atoms with van der Waals surface area (Å²) in [5.41, 5.74) is 0. The van der Waals surface area contributed by atoms with Crippen molar-refractivity contribution in [3.8, 4) is 0 Å². The molecular formula is C67H130O17P2. The van der Waals surface area contributed by atoms with Gasteiger partial charge in [0.25, 0.3) is 0 Å². The second-order valence-corrected chi connectivity index (χ2v) is 28.3. The van der Waals surface area contributed by atoms with Gasteiger partial charge in [0.15, 0.2) is 12.2 Å². The second kappa shape index (κ2) is 58.2. The van der Waals surface area contributed by atoms with Crippen molar-refractivity contribution < 1.29 is 80.2 Å². The fraction of sp³-hybridized carbons (Fsp3) is 0.940. The minimum atomic E-state index is -4.95. The monoisotopic (exact) mass is 1270 g/mol. The summed E-state index contributed by atoms with van der Waals surface area (Å²) >= 11 is 0. The summed E-state index contributed by atoms with van der Waals surface area (Å²) in [5.74, 6) is 0.0375. The van der Waals surface area contributed by atoms with Crippen molar-refractivity contribution in [2.24, 2.45) is 17.8 Å². The van der Waals surface area contributed by atoms with E-state index in [9.17, 15) is 43.2 Å². The Morgan fingerprint density at radius 1 is 0.337 bits per heavy atom. The molecule has 510 valence electrons. The van der Waals surface area contributed by atoms with Gasteiger partial charge in [-0.3, -0.25) is 37.3 Å². The number of hydrogen-bond acceptors (Lipinski definition) is 15. The third-order valence-electron chi connectivity index (χ3n) is 15.7. The number of ether oxygens (including phenoxy) is 4. The lowest BCUT2D eigenvalue weighted by atomic mass is 10.00. The Morgan fingerprint density at radius 2 is 0.593 bits per heavy atom. The van der Waals surface area contributed by atoms with Gasteiger partial charge in [-0.05, 0) is 43.4 Å². The van der Waals surface area contributed by atoms with E-state index in [2.05, 4.69) is 48.5 Å². The summed E-state index contributed by atoms with van der Waals surface area (Å²) in [6, 6.07) is 0. The van der Waals surface area contributed by atoms with Crippen molar-refractivity contribution in [2.75, 3.05) is 39.6 Å². The fourth-order valence-corrected chi connectivity index (χ4v) is 11.6. The summed E-state index contributed by atoms with van der Waals surface area (Å²) in [4.78, 5) is 72.4. The molecule has 0 saturated carbocycles. The van der Waals surface area contributed by atoms with Gasteiger partial charge in [0, 0.05) is 25.7 Å². The minimum absolute atomic E-state index is 0.102. The highest BCUT2D eigenvalue weighted by atomic mass is 31.2. The van der Waals surface area contributed by atoms with Crippen LogP contribution in [0.15, 0.2) is 0 Å². The standard InChI is InChI=1S/C67H130O17P2/c1-8-10-11-12-13-14-15-16-17-18-21-27-36-43-50-66(71)83-62(54-77-64(69)48-41-34-26-22-19-20-24-31-38-45-58(3)4)56-81-85(73,74)79-52-61(68)53-80-86(75,76)82-57-63(84-67(72)51-44-37-28-23-25-32-39-46-59(5)6)55-78-65(70)49-42-35-30-29-33-40-47-60(7)9-2/h58-63,68H,8-57H2,1-7H3,(H,73,74)(H,75,76)/t60?,61-,62-,63-/m1/s1. The summed E-state index contributed by atoms with van der Waals surface area (Å²) in [6.45, 7) is 11.7. The predicted octanol–water partition coefficient (Wildman–Crippen LogP) is 18.7. The van der Waals surface area contributed by atoms with E-state index in [-0.39, 0.29) is 25.7 Å². The molecule has 0 amide bonds. The molecule has 0 aromatic heterocycles. The molecular weight excluding hydrogens is 1140 g/mol. The molecule has 6 atom stereocenters. The third-order valence-corrected chi connectivity index (χ3v) is 17.6. The van der Waals surface area contributed by atoms with Crippen LogP contribution in [0.3, 0.4) is 0 Å². The molecule has 0 fully saturated rings. The molecule has 0 aliphatic carbocycles. The van der Waals surface area contributed by atoms with Crippen molar-refractivity contribution >= 4 is 39.5 Å². The Balaban J connectivity index is 5.25. The Hall–Kier alpha value is -1.94. The molecule has 0 heterocycles. The molecule has 0 spiro atoms. The number of esters is 4. The number of hydrogen-bond donors (Lipinski definition) is 3. The average Bonchev–Trinajstić information content (AvgIpc) is 3.60. The average molecular weight is 1270 g/mol. The summed E-state index contributed by atoms with van der Waals surface area (Å²) < 4.78 is 68.1. The third kappa shape index (κ3) is 59.7. The van der Waals surface area contributed by atoms with Gasteiger partial charge >= 0.3 is 39.5 Å². The zero-order valence-corrected chi connectivity index (χ0v) is 57.6. The van der Waals surface area contributed by atoms with Crippen LogP contribution in [0.2, 0.25) is 0 Å². The number of carbonyl (C=O) groups excluding carboxylic acids is 4. The van der Waals surface area contributed by atoms with Crippen molar-refractivity contribution in [3.05, 3.63) is 0 Å². The number of phosphoric acid groups is 2. The van der Waals surface area contributed by atoms with E-state index in [4.69, 9.17) is 37.0 Å². The van der Waals surface area contributed by atoms with E-state index >= 15 is 0 Å². The van der Waals surface area contributed by atoms with Gasteiger partial charge in [0.05, 0.1) is 26.4 Å². The zero-order valence-electron chi connectivity index (χ0n) is 55.8. The van der Waals surface area contributed by atoms with Gasteiger partial charge in [0.2, 0.25) is 0 Å². The van der Waals surface area contributed by atoms with Crippen molar-refractivity contribution in [1.29, 1.82) is 0 Å². The highest BCUT2D eigenvalue weighted by Gasteiger charge is 2.30. The lowest BCUT2D eigenvalue weighted by Gasteiger charge is -2.21. The molecule has 0 radical (unpaired) electrons. The highest BCUT2D eigenvalue weighted by molar-refractivity contribution is 7.47. The molecule has 3 N–H and O–H groups in total. The lowest BCUT2D eigenvalue weighted by molar-refractivity contribution is -0.161. The summed E-state index contributed by atoms with van der Waals surface area (Å²) in [5, 5.41) is 10.6. The van der Waals surface area contributed by atoms with Gasteiger partial charge in [-0.1, -0.05) is 280 Å². The van der Waals surface area contributed by atoms with Gasteiger partial charge < -0.3 is 33.8 Å². The maximum absolute atomic E-state index is 13.0. The Bertz CT molecular complexity index is 1700. The van der Waals surface area contributed by atoms with Crippen LogP contribution in [-0.4, -0.2) is 96.7 Å². The Kier molecular flexibility index (Phi) is 56.9. The molecule has 0 aromatic carbocycles. The molecule has 0 aliphatic rings. The van der Waals surface area contributed by atoms with Crippen LogP contribution < -0.4 is 0 Å². The maximum atomic E-state index is 13.0. The van der Waals surface area contributed by atoms with Gasteiger partial charge in [0.1, 0.15) is 19.3 Å². The predicted molar refractivity (Wildman–Crippen MR) is 344 cm³/mol. The van der Waals surface area contributed by atoms with E-state index in [1.807, 2.05) is 0 Å². The maximum Gasteiger partial charge on any atom is 0.472 e. The second-order valence-electron chi connectivity index (χ2n) is 25.4. The normalized spacial score (nSPS) is 14.6. The van der Waals surface area contributed by atoms with Gasteiger partial charge in [-0.15, -0.1) is 0 Å². The first-order valence-electron chi connectivity index (χ1n) is 34.9. The minimum Gasteiger partial charge on any atom is -0.462 e. The number of carbonyl (C=O) groups is 4. The van der Waals surface area contributed by atoms with E-state index in [1.54, 1.807) is 0 Å². The first kappa shape index (κ1) is 84.1. The quantitative estimate of drug-likeness (QED) is 0.0222. The lowest BCUT2D eigenvalue weighted by Crippen LogP contribution is -2.30. The Labute approximate surface area is 524 Å². The number of aliphatic hydroxyl groups excluding tert-OH is 1. The number of aliphatic hydroxyl groups is 1. The molecule has 0 aliphatic heterocycles. The molecule has 0 rings (SSSR count). The largest absolute Gasteiger partial charge is 0.472 e. The first-order chi connectivity index (χ1) is 41.3. The van der Waals surface area contributed by atoms with Crippen LogP contribution in [0.25, 0.3) is 0 Å². The van der Waals surface area contributed by atoms with Crippen molar-refractivity contribution in [1.82, 2.24) is 0 Å². The molecule has 3 unspecified atom stereocenters.